The highest BCUT2D eigenvalue weighted by molar-refractivity contribution is 7.85. The summed E-state index contributed by atoms with van der Waals surface area (Å²) in [4.78, 5) is 12.4. The summed E-state index contributed by atoms with van der Waals surface area (Å²) >= 11 is 0. The first kappa shape index (κ1) is 41.8. The molecule has 2 unspecified atom stereocenters. The third-order valence-corrected chi connectivity index (χ3v) is 8.91. The SMILES string of the molecule is CCCCCCCC/C=C/CC/C=C/C(O)C(CS(=O)(=O)O)NC(=O)CCCCCCCCCCCCCCCCCC. The van der Waals surface area contributed by atoms with Crippen LogP contribution in [0.4, 0.5) is 0 Å². The molecule has 6 nitrogen and oxygen atoms in total. The van der Waals surface area contributed by atoms with E-state index >= 15 is 0 Å². The van der Waals surface area contributed by atoms with Crippen molar-refractivity contribution >= 4 is 16.0 Å². The first-order valence-corrected chi connectivity index (χ1v) is 19.6. The van der Waals surface area contributed by atoms with E-state index in [1.54, 1.807) is 6.08 Å². The molecule has 0 radical (unpaired) electrons. The zero-order valence-corrected chi connectivity index (χ0v) is 28.9. The highest BCUT2D eigenvalue weighted by Gasteiger charge is 2.24. The summed E-state index contributed by atoms with van der Waals surface area (Å²) in [6.45, 7) is 4.49. The molecule has 7 heteroatoms. The number of unbranched alkanes of at least 4 members (excludes halogenated alkanes) is 22. The topological polar surface area (TPSA) is 104 Å². The Hall–Kier alpha value is -1.18. The lowest BCUT2D eigenvalue weighted by Crippen LogP contribution is -2.46. The van der Waals surface area contributed by atoms with Crippen molar-refractivity contribution in [1.82, 2.24) is 5.32 Å². The average molecular weight is 628 g/mol. The molecule has 0 aliphatic rings. The summed E-state index contributed by atoms with van der Waals surface area (Å²) in [5, 5.41) is 13.1. The van der Waals surface area contributed by atoms with Gasteiger partial charge in [0.1, 0.15) is 0 Å². The van der Waals surface area contributed by atoms with Crippen LogP contribution in [0.15, 0.2) is 24.3 Å². The summed E-state index contributed by atoms with van der Waals surface area (Å²) < 4.78 is 32.3. The molecule has 0 aliphatic carbocycles. The van der Waals surface area contributed by atoms with Crippen LogP contribution in [0.2, 0.25) is 0 Å². The predicted octanol–water partition coefficient (Wildman–Crippen LogP) is 10.0. The fraction of sp³-hybridized carbons (Fsp3) is 0.861. The van der Waals surface area contributed by atoms with Crippen LogP contribution in [0.1, 0.15) is 181 Å². The number of aliphatic hydroxyl groups excluding tert-OH is 1. The van der Waals surface area contributed by atoms with Gasteiger partial charge in [0.15, 0.2) is 0 Å². The Morgan fingerprint density at radius 1 is 0.605 bits per heavy atom. The van der Waals surface area contributed by atoms with Gasteiger partial charge < -0.3 is 10.4 Å². The molecule has 0 aromatic carbocycles. The van der Waals surface area contributed by atoms with Gasteiger partial charge in [-0.1, -0.05) is 167 Å². The van der Waals surface area contributed by atoms with Crippen molar-refractivity contribution in [2.45, 2.75) is 193 Å². The smallest absolute Gasteiger partial charge is 0.267 e. The number of nitrogens with one attached hydrogen (secondary N) is 1. The van der Waals surface area contributed by atoms with Crippen LogP contribution < -0.4 is 5.32 Å². The first-order chi connectivity index (χ1) is 20.8. The molecule has 0 rings (SSSR count). The van der Waals surface area contributed by atoms with E-state index in [4.69, 9.17) is 0 Å². The number of hydrogen-bond donors (Lipinski definition) is 3. The minimum Gasteiger partial charge on any atom is -0.387 e. The van der Waals surface area contributed by atoms with E-state index in [-0.39, 0.29) is 5.91 Å². The van der Waals surface area contributed by atoms with Crippen molar-refractivity contribution in [3.63, 3.8) is 0 Å². The van der Waals surface area contributed by atoms with Gasteiger partial charge in [-0.15, -0.1) is 0 Å². The van der Waals surface area contributed by atoms with Gasteiger partial charge in [0.05, 0.1) is 17.9 Å². The van der Waals surface area contributed by atoms with Crippen LogP contribution in [0.25, 0.3) is 0 Å². The molecule has 0 spiro atoms. The predicted molar refractivity (Wildman–Crippen MR) is 184 cm³/mol. The minimum absolute atomic E-state index is 0.288. The maximum Gasteiger partial charge on any atom is 0.267 e. The number of rotatable bonds is 32. The fourth-order valence-corrected chi connectivity index (χ4v) is 6.14. The van der Waals surface area contributed by atoms with E-state index in [9.17, 15) is 22.9 Å². The molecule has 3 N–H and O–H groups in total. The fourth-order valence-electron chi connectivity index (χ4n) is 5.41. The molecular weight excluding hydrogens is 558 g/mol. The van der Waals surface area contributed by atoms with Crippen molar-refractivity contribution in [2.75, 3.05) is 5.75 Å². The third kappa shape index (κ3) is 32.0. The lowest BCUT2D eigenvalue weighted by molar-refractivity contribution is -0.122. The van der Waals surface area contributed by atoms with Crippen molar-refractivity contribution in [3.8, 4) is 0 Å². The second-order valence-electron chi connectivity index (χ2n) is 12.5. The van der Waals surface area contributed by atoms with Crippen LogP contribution in [0.3, 0.4) is 0 Å². The molecule has 0 aromatic rings. The Labute approximate surface area is 266 Å². The molecule has 0 saturated heterocycles. The van der Waals surface area contributed by atoms with Crippen LogP contribution in [-0.4, -0.2) is 41.9 Å². The van der Waals surface area contributed by atoms with Crippen LogP contribution in [-0.2, 0) is 14.9 Å². The molecule has 43 heavy (non-hydrogen) atoms. The van der Waals surface area contributed by atoms with Crippen molar-refractivity contribution in [3.05, 3.63) is 24.3 Å². The number of carbonyl (C=O) groups excluding carboxylic acids is 1. The van der Waals surface area contributed by atoms with Crippen LogP contribution in [0, 0.1) is 0 Å². The van der Waals surface area contributed by atoms with Gasteiger partial charge >= 0.3 is 0 Å². The quantitative estimate of drug-likeness (QED) is 0.0391. The molecule has 0 aromatic heterocycles. The van der Waals surface area contributed by atoms with Gasteiger partial charge in [-0.25, -0.2) is 0 Å². The zero-order valence-electron chi connectivity index (χ0n) is 28.1. The van der Waals surface area contributed by atoms with Crippen molar-refractivity contribution < 1.29 is 22.9 Å². The summed E-state index contributed by atoms with van der Waals surface area (Å²) in [5.74, 6) is -0.995. The summed E-state index contributed by atoms with van der Waals surface area (Å²) in [7, 11) is -4.34. The number of amides is 1. The van der Waals surface area contributed by atoms with E-state index in [1.165, 1.54) is 128 Å². The maximum absolute atomic E-state index is 12.4. The highest BCUT2D eigenvalue weighted by Crippen LogP contribution is 2.14. The van der Waals surface area contributed by atoms with Gasteiger partial charge in [-0.2, -0.15) is 8.42 Å². The Bertz CT molecular complexity index is 781. The van der Waals surface area contributed by atoms with E-state index < -0.39 is 28.0 Å². The second kappa shape index (κ2) is 30.8. The molecule has 0 fully saturated rings. The zero-order chi connectivity index (χ0) is 31.9. The van der Waals surface area contributed by atoms with Crippen LogP contribution >= 0.6 is 0 Å². The van der Waals surface area contributed by atoms with Gasteiger partial charge in [-0.3, -0.25) is 9.35 Å². The maximum atomic E-state index is 12.4. The normalized spacial score (nSPS) is 13.7. The standard InChI is InChI=1S/C36H69NO5S/c1-3-5-7-9-11-13-15-17-18-19-20-22-24-26-28-30-32-36(39)37-34(33-43(40,41)42)35(38)31-29-27-25-23-21-16-14-12-10-8-6-4-2/h21,23,29,31,34-35,38H,3-20,22,24-28,30,32-33H2,1-2H3,(H,37,39)(H,40,41,42)/b23-21+,31-29+. The molecule has 2 atom stereocenters. The van der Waals surface area contributed by atoms with Gasteiger partial charge in [0, 0.05) is 6.42 Å². The molecule has 0 bridgehead atoms. The Morgan fingerprint density at radius 2 is 1.00 bits per heavy atom. The lowest BCUT2D eigenvalue weighted by atomic mass is 10.0. The van der Waals surface area contributed by atoms with E-state index in [2.05, 4.69) is 31.3 Å². The van der Waals surface area contributed by atoms with E-state index in [0.717, 1.165) is 38.5 Å². The molecular formula is C36H69NO5S. The lowest BCUT2D eigenvalue weighted by Gasteiger charge is -2.21. The number of aliphatic hydroxyl groups is 1. The van der Waals surface area contributed by atoms with E-state index in [0.29, 0.717) is 6.42 Å². The minimum atomic E-state index is -4.34. The monoisotopic (exact) mass is 627 g/mol. The largest absolute Gasteiger partial charge is 0.387 e. The molecule has 254 valence electrons. The van der Waals surface area contributed by atoms with Crippen LogP contribution in [0.5, 0.6) is 0 Å². The summed E-state index contributed by atoms with van der Waals surface area (Å²) in [5.41, 5.74) is 0. The Kier molecular flexibility index (Phi) is 30.0. The second-order valence-corrected chi connectivity index (χ2v) is 14.0. The van der Waals surface area contributed by atoms with Gasteiger partial charge in [0.2, 0.25) is 5.91 Å². The number of carbonyl (C=O) groups is 1. The molecule has 1 amide bonds. The first-order valence-electron chi connectivity index (χ1n) is 18.0. The molecule has 0 heterocycles. The van der Waals surface area contributed by atoms with Crippen molar-refractivity contribution in [2.24, 2.45) is 0 Å². The summed E-state index contributed by atoms with van der Waals surface area (Å²) in [6.07, 6.45) is 37.3. The number of allylic oxidation sites excluding steroid dienone is 3. The third-order valence-electron chi connectivity index (χ3n) is 8.13. The molecule has 0 aliphatic heterocycles. The van der Waals surface area contributed by atoms with Gasteiger partial charge in [0.25, 0.3) is 10.1 Å². The van der Waals surface area contributed by atoms with E-state index in [1.807, 2.05) is 0 Å². The summed E-state index contributed by atoms with van der Waals surface area (Å²) in [6, 6.07) is -1.07. The number of hydrogen-bond acceptors (Lipinski definition) is 4. The van der Waals surface area contributed by atoms with Gasteiger partial charge in [-0.05, 0) is 32.1 Å². The Morgan fingerprint density at radius 3 is 1.47 bits per heavy atom. The molecule has 0 saturated carbocycles. The highest BCUT2D eigenvalue weighted by atomic mass is 32.2. The van der Waals surface area contributed by atoms with Crippen molar-refractivity contribution in [1.29, 1.82) is 0 Å². The average Bonchev–Trinajstić information content (AvgIpc) is 2.96. The Balaban J connectivity index is 3.99.